The molecular formula is C12H20N2O4. The van der Waals surface area contributed by atoms with Gasteiger partial charge in [0.05, 0.1) is 12.0 Å². The van der Waals surface area contributed by atoms with E-state index in [1.807, 2.05) is 6.92 Å². The summed E-state index contributed by atoms with van der Waals surface area (Å²) >= 11 is 0. The zero-order chi connectivity index (χ0) is 13.4. The van der Waals surface area contributed by atoms with Gasteiger partial charge in [-0.15, -0.1) is 0 Å². The highest BCUT2D eigenvalue weighted by Crippen LogP contribution is 2.17. The molecule has 18 heavy (non-hydrogen) atoms. The van der Waals surface area contributed by atoms with Gasteiger partial charge in [-0.3, -0.25) is 4.79 Å². The number of nitrogens with one attached hydrogen (secondary N) is 2. The van der Waals surface area contributed by atoms with Crippen LogP contribution in [0.5, 0.6) is 0 Å². The molecule has 102 valence electrons. The molecule has 0 aromatic heterocycles. The molecule has 0 aromatic carbocycles. The highest BCUT2D eigenvalue weighted by atomic mass is 16.5. The third-order valence-electron chi connectivity index (χ3n) is 2.67. The van der Waals surface area contributed by atoms with E-state index in [0.29, 0.717) is 26.2 Å². The third-order valence-corrected chi connectivity index (χ3v) is 2.67. The van der Waals surface area contributed by atoms with Crippen molar-refractivity contribution in [2.45, 2.75) is 25.8 Å². The Morgan fingerprint density at radius 1 is 1.44 bits per heavy atom. The molecule has 2 atom stereocenters. The Morgan fingerprint density at radius 3 is 2.83 bits per heavy atom. The summed E-state index contributed by atoms with van der Waals surface area (Å²) in [5, 5.41) is 14.2. The van der Waals surface area contributed by atoms with Gasteiger partial charge >= 0.3 is 12.0 Å². The molecule has 0 heterocycles. The van der Waals surface area contributed by atoms with Crippen molar-refractivity contribution in [2.75, 3.05) is 19.8 Å². The number of carbonyl (C=O) groups excluding carboxylic acids is 1. The van der Waals surface area contributed by atoms with E-state index >= 15 is 0 Å². The van der Waals surface area contributed by atoms with Gasteiger partial charge in [0, 0.05) is 19.8 Å². The molecule has 0 saturated heterocycles. The summed E-state index contributed by atoms with van der Waals surface area (Å²) in [6, 6.07) is -0.467. The largest absolute Gasteiger partial charge is 0.481 e. The standard InChI is InChI=1S/C12H20N2O4/c1-2-18-7-3-6-13-12(17)14-10-5-4-9(8-10)11(15)16/h4-5,9-10H,2-3,6-8H2,1H3,(H,15,16)(H2,13,14,17). The Balaban J connectivity index is 2.10. The molecule has 0 aromatic rings. The number of amides is 2. The molecule has 0 bridgehead atoms. The van der Waals surface area contributed by atoms with E-state index < -0.39 is 11.9 Å². The fourth-order valence-electron chi connectivity index (χ4n) is 1.73. The highest BCUT2D eigenvalue weighted by molar-refractivity contribution is 5.76. The van der Waals surface area contributed by atoms with Crippen LogP contribution >= 0.6 is 0 Å². The van der Waals surface area contributed by atoms with Crippen LogP contribution in [0.4, 0.5) is 4.79 Å². The highest BCUT2D eigenvalue weighted by Gasteiger charge is 2.25. The predicted molar refractivity (Wildman–Crippen MR) is 66.3 cm³/mol. The lowest BCUT2D eigenvalue weighted by Gasteiger charge is -2.13. The Hall–Kier alpha value is -1.56. The molecule has 2 unspecified atom stereocenters. The zero-order valence-corrected chi connectivity index (χ0v) is 10.5. The van der Waals surface area contributed by atoms with Crippen LogP contribution in [0, 0.1) is 5.92 Å². The second-order valence-electron chi connectivity index (χ2n) is 4.12. The van der Waals surface area contributed by atoms with E-state index in [0.717, 1.165) is 6.42 Å². The van der Waals surface area contributed by atoms with Crippen LogP contribution in [0.1, 0.15) is 19.8 Å². The Bertz CT molecular complexity index is 317. The molecule has 3 N–H and O–H groups in total. The van der Waals surface area contributed by atoms with E-state index in [9.17, 15) is 9.59 Å². The van der Waals surface area contributed by atoms with Crippen molar-refractivity contribution in [1.82, 2.24) is 10.6 Å². The first-order valence-corrected chi connectivity index (χ1v) is 6.16. The zero-order valence-electron chi connectivity index (χ0n) is 10.5. The minimum absolute atomic E-state index is 0.196. The van der Waals surface area contributed by atoms with Crippen LogP contribution in [-0.4, -0.2) is 42.9 Å². The fourth-order valence-corrected chi connectivity index (χ4v) is 1.73. The maximum Gasteiger partial charge on any atom is 0.315 e. The molecule has 2 amide bonds. The van der Waals surface area contributed by atoms with Crippen molar-refractivity contribution in [3.8, 4) is 0 Å². The van der Waals surface area contributed by atoms with E-state index in [-0.39, 0.29) is 12.1 Å². The molecule has 1 rings (SSSR count). The second-order valence-corrected chi connectivity index (χ2v) is 4.12. The minimum Gasteiger partial charge on any atom is -0.481 e. The number of rotatable bonds is 7. The summed E-state index contributed by atoms with van der Waals surface area (Å²) in [6.45, 7) is 3.77. The maximum absolute atomic E-state index is 11.5. The number of carboxylic acid groups (broad SMARTS) is 1. The number of urea groups is 1. The van der Waals surface area contributed by atoms with Crippen LogP contribution in [0.3, 0.4) is 0 Å². The van der Waals surface area contributed by atoms with Gasteiger partial charge in [-0.25, -0.2) is 4.79 Å². The monoisotopic (exact) mass is 256 g/mol. The van der Waals surface area contributed by atoms with Gasteiger partial charge in [-0.1, -0.05) is 12.2 Å². The molecule has 0 spiro atoms. The minimum atomic E-state index is -0.854. The topological polar surface area (TPSA) is 87.7 Å². The van der Waals surface area contributed by atoms with Crippen molar-refractivity contribution >= 4 is 12.0 Å². The average Bonchev–Trinajstić information content (AvgIpc) is 2.77. The fraction of sp³-hybridized carbons (Fsp3) is 0.667. The molecule has 0 aliphatic heterocycles. The molecule has 6 nitrogen and oxygen atoms in total. The first-order valence-electron chi connectivity index (χ1n) is 6.16. The van der Waals surface area contributed by atoms with Crippen LogP contribution < -0.4 is 10.6 Å². The Labute approximate surface area is 106 Å². The SMILES string of the molecule is CCOCCCNC(=O)NC1C=CC(C(=O)O)C1. The average molecular weight is 256 g/mol. The van der Waals surface area contributed by atoms with Gasteiger partial charge in [0.2, 0.25) is 0 Å². The summed E-state index contributed by atoms with van der Waals surface area (Å²) in [5.41, 5.74) is 0. The van der Waals surface area contributed by atoms with E-state index in [2.05, 4.69) is 10.6 Å². The van der Waals surface area contributed by atoms with Crippen LogP contribution in [0.2, 0.25) is 0 Å². The van der Waals surface area contributed by atoms with E-state index in [4.69, 9.17) is 9.84 Å². The van der Waals surface area contributed by atoms with Crippen LogP contribution in [-0.2, 0) is 9.53 Å². The lowest BCUT2D eigenvalue weighted by Crippen LogP contribution is -2.41. The molecule has 0 radical (unpaired) electrons. The van der Waals surface area contributed by atoms with Crippen molar-refractivity contribution < 1.29 is 19.4 Å². The molecule has 1 aliphatic carbocycles. The quantitative estimate of drug-likeness (QED) is 0.463. The molecule has 6 heteroatoms. The lowest BCUT2D eigenvalue weighted by atomic mass is 10.1. The normalized spacial score (nSPS) is 21.8. The third kappa shape index (κ3) is 5.18. The maximum atomic E-state index is 11.5. The molecule has 0 saturated carbocycles. The summed E-state index contributed by atoms with van der Waals surface area (Å²) in [5.74, 6) is -1.35. The van der Waals surface area contributed by atoms with Gasteiger partial charge in [-0.05, 0) is 19.8 Å². The van der Waals surface area contributed by atoms with Gasteiger partial charge in [0.1, 0.15) is 0 Å². The number of ether oxygens (including phenoxy) is 1. The molecule has 1 aliphatic rings. The van der Waals surface area contributed by atoms with Crippen molar-refractivity contribution in [3.63, 3.8) is 0 Å². The number of carboxylic acids is 1. The molecular weight excluding hydrogens is 236 g/mol. The van der Waals surface area contributed by atoms with Crippen LogP contribution in [0.15, 0.2) is 12.2 Å². The number of hydrogen-bond acceptors (Lipinski definition) is 3. The van der Waals surface area contributed by atoms with Crippen molar-refractivity contribution in [2.24, 2.45) is 5.92 Å². The number of aliphatic carboxylic acids is 1. The van der Waals surface area contributed by atoms with E-state index in [1.54, 1.807) is 12.2 Å². The first-order chi connectivity index (χ1) is 8.63. The van der Waals surface area contributed by atoms with E-state index in [1.165, 1.54) is 0 Å². The van der Waals surface area contributed by atoms with Gasteiger partial charge in [-0.2, -0.15) is 0 Å². The summed E-state index contributed by atoms with van der Waals surface area (Å²) in [4.78, 5) is 22.2. The molecule has 0 fully saturated rings. The van der Waals surface area contributed by atoms with Crippen LogP contribution in [0.25, 0.3) is 0 Å². The lowest BCUT2D eigenvalue weighted by molar-refractivity contribution is -0.140. The van der Waals surface area contributed by atoms with Gasteiger partial charge < -0.3 is 20.5 Å². The summed E-state index contributed by atoms with van der Waals surface area (Å²) in [6.07, 6.45) is 4.52. The smallest absolute Gasteiger partial charge is 0.315 e. The van der Waals surface area contributed by atoms with Gasteiger partial charge in [0.25, 0.3) is 0 Å². The summed E-state index contributed by atoms with van der Waals surface area (Å²) in [7, 11) is 0. The predicted octanol–water partition coefficient (Wildman–Crippen LogP) is 0.742. The Morgan fingerprint density at radius 2 is 2.22 bits per heavy atom. The van der Waals surface area contributed by atoms with Crippen molar-refractivity contribution in [3.05, 3.63) is 12.2 Å². The summed E-state index contributed by atoms with van der Waals surface area (Å²) < 4.78 is 5.14. The van der Waals surface area contributed by atoms with Crippen molar-refractivity contribution in [1.29, 1.82) is 0 Å². The first kappa shape index (κ1) is 14.5. The second kappa shape index (κ2) is 7.71. The van der Waals surface area contributed by atoms with Gasteiger partial charge in [0.15, 0.2) is 0 Å². The number of hydrogen-bond donors (Lipinski definition) is 3. The Kier molecular flexibility index (Phi) is 6.21. The number of carbonyl (C=O) groups is 2.